The molecule has 1 N–H and O–H groups in total. The Morgan fingerprint density at radius 1 is 1.27 bits per heavy atom. The molecule has 6 nitrogen and oxygen atoms in total. The summed E-state index contributed by atoms with van der Waals surface area (Å²) in [6, 6.07) is 8.89. The van der Waals surface area contributed by atoms with E-state index in [-0.39, 0.29) is 12.2 Å². The highest BCUT2D eigenvalue weighted by atomic mass is 16.5. The van der Waals surface area contributed by atoms with Crippen LogP contribution in [-0.2, 0) is 23.5 Å². The SMILES string of the molecule is C=C1OCc2c(cc3n(c2=O)Cc2cc4cc([N+](C)(C)C(C)C)c(C)cc4nc2-3)[C@@]1(O)CC. The lowest BCUT2D eigenvalue weighted by Gasteiger charge is -2.35. The molecule has 4 heterocycles. The Hall–Kier alpha value is -2.96. The summed E-state index contributed by atoms with van der Waals surface area (Å²) in [5.41, 5.74) is 5.56. The number of hydrogen-bond donors (Lipinski definition) is 1. The number of hydrogen-bond acceptors (Lipinski definition) is 4. The van der Waals surface area contributed by atoms with Gasteiger partial charge in [0.05, 0.1) is 49.1 Å². The van der Waals surface area contributed by atoms with Gasteiger partial charge in [-0.2, -0.15) is 0 Å². The molecular formula is C27H32N3O3+. The highest BCUT2D eigenvalue weighted by Gasteiger charge is 2.41. The first-order valence-electron chi connectivity index (χ1n) is 11.6. The quantitative estimate of drug-likeness (QED) is 0.475. The second-order valence-corrected chi connectivity index (χ2v) is 10.2. The van der Waals surface area contributed by atoms with Crippen molar-refractivity contribution in [3.63, 3.8) is 0 Å². The van der Waals surface area contributed by atoms with E-state index in [1.807, 2.05) is 13.0 Å². The number of benzene rings is 1. The topological polar surface area (TPSA) is 64.4 Å². The van der Waals surface area contributed by atoms with Gasteiger partial charge in [-0.1, -0.05) is 13.5 Å². The van der Waals surface area contributed by atoms with Gasteiger partial charge >= 0.3 is 0 Å². The Morgan fingerprint density at radius 2 is 2.00 bits per heavy atom. The summed E-state index contributed by atoms with van der Waals surface area (Å²) in [6.07, 6.45) is 0.381. The van der Waals surface area contributed by atoms with Crippen LogP contribution in [-0.4, -0.2) is 34.8 Å². The lowest BCUT2D eigenvalue weighted by molar-refractivity contribution is -0.0172. The van der Waals surface area contributed by atoms with E-state index in [4.69, 9.17) is 9.72 Å². The number of aromatic nitrogens is 2. The summed E-state index contributed by atoms with van der Waals surface area (Å²) in [7, 11) is 4.45. The molecule has 0 saturated heterocycles. The smallest absolute Gasteiger partial charge is 0.258 e. The van der Waals surface area contributed by atoms with Crippen molar-refractivity contribution in [1.82, 2.24) is 14.0 Å². The molecule has 2 aliphatic heterocycles. The maximum Gasteiger partial charge on any atom is 0.258 e. The van der Waals surface area contributed by atoms with Crippen LogP contribution in [0, 0.1) is 6.92 Å². The number of nitrogens with zero attached hydrogens (tertiary/aromatic N) is 3. The number of aryl methyl sites for hydroxylation is 1. The number of aliphatic hydroxyl groups is 1. The molecule has 0 fully saturated rings. The van der Waals surface area contributed by atoms with Crippen molar-refractivity contribution in [2.45, 2.75) is 58.9 Å². The predicted octanol–water partition coefficient (Wildman–Crippen LogP) is 4.35. The molecule has 0 unspecified atom stereocenters. The van der Waals surface area contributed by atoms with Crippen LogP contribution in [0.15, 0.2) is 41.4 Å². The fourth-order valence-corrected chi connectivity index (χ4v) is 5.14. The zero-order valence-corrected chi connectivity index (χ0v) is 20.3. The summed E-state index contributed by atoms with van der Waals surface area (Å²) in [5, 5.41) is 12.3. The maximum atomic E-state index is 13.4. The standard InChI is InChI=1S/C27H32N3O3/c1-8-27(32)17(5)33-14-20-21(27)12-23-25-19(13-29(23)26(20)31)10-18-11-24(30(6,7)15(2)3)16(4)9-22(18)28-25/h9-12,15,32H,5,8,13-14H2,1-4,6-7H3/q+1/t27-/m1/s1. The van der Waals surface area contributed by atoms with E-state index in [1.165, 1.54) is 11.3 Å². The number of fused-ring (bicyclic) bond motifs is 5. The first-order valence-corrected chi connectivity index (χ1v) is 11.6. The minimum Gasteiger partial charge on any atom is -0.490 e. The van der Waals surface area contributed by atoms with Crippen molar-refractivity contribution in [2.75, 3.05) is 14.1 Å². The van der Waals surface area contributed by atoms with Crippen LogP contribution in [0.3, 0.4) is 0 Å². The van der Waals surface area contributed by atoms with Crippen LogP contribution < -0.4 is 10.0 Å². The minimum absolute atomic E-state index is 0.126. The summed E-state index contributed by atoms with van der Waals surface area (Å²) < 4.78 is 8.13. The predicted molar refractivity (Wildman–Crippen MR) is 132 cm³/mol. The Labute approximate surface area is 194 Å². The van der Waals surface area contributed by atoms with Crippen LogP contribution in [0.4, 0.5) is 5.69 Å². The third kappa shape index (κ3) is 2.94. The van der Waals surface area contributed by atoms with Crippen LogP contribution >= 0.6 is 0 Å². The number of ether oxygens (including phenoxy) is 1. The van der Waals surface area contributed by atoms with Gasteiger partial charge in [0.1, 0.15) is 23.7 Å². The van der Waals surface area contributed by atoms with Gasteiger partial charge in [-0.3, -0.25) is 9.28 Å². The molecule has 0 saturated carbocycles. The van der Waals surface area contributed by atoms with Gasteiger partial charge in [0.15, 0.2) is 0 Å². The first-order chi connectivity index (χ1) is 15.5. The Balaban J connectivity index is 1.72. The monoisotopic (exact) mass is 446 g/mol. The molecule has 0 spiro atoms. The number of rotatable bonds is 3. The normalized spacial score (nSPS) is 19.5. The molecule has 6 heteroatoms. The molecule has 0 amide bonds. The fourth-order valence-electron chi connectivity index (χ4n) is 5.14. The molecule has 0 radical (unpaired) electrons. The zero-order valence-electron chi connectivity index (χ0n) is 20.3. The van der Waals surface area contributed by atoms with E-state index in [0.717, 1.165) is 32.3 Å². The van der Waals surface area contributed by atoms with E-state index < -0.39 is 5.60 Å². The summed E-state index contributed by atoms with van der Waals surface area (Å²) in [6.45, 7) is 13.0. The highest BCUT2D eigenvalue weighted by molar-refractivity contribution is 5.88. The van der Waals surface area contributed by atoms with Crippen LogP contribution in [0.25, 0.3) is 22.3 Å². The highest BCUT2D eigenvalue weighted by Crippen LogP contribution is 2.42. The third-order valence-corrected chi connectivity index (χ3v) is 7.90. The molecule has 172 valence electrons. The average Bonchev–Trinajstić information content (AvgIpc) is 3.12. The Kier molecular flexibility index (Phi) is 4.65. The van der Waals surface area contributed by atoms with Crippen LogP contribution in [0.2, 0.25) is 0 Å². The van der Waals surface area contributed by atoms with Gasteiger partial charge < -0.3 is 14.4 Å². The lowest BCUT2D eigenvalue weighted by Crippen LogP contribution is -2.47. The van der Waals surface area contributed by atoms with Crippen molar-refractivity contribution < 1.29 is 9.84 Å². The third-order valence-electron chi connectivity index (χ3n) is 7.90. The second kappa shape index (κ2) is 7.02. The Morgan fingerprint density at radius 3 is 2.67 bits per heavy atom. The number of pyridine rings is 2. The van der Waals surface area contributed by atoms with Crippen LogP contribution in [0.5, 0.6) is 0 Å². The number of quaternary nitrogens is 1. The molecule has 2 aromatic heterocycles. The Bertz CT molecular complexity index is 1400. The molecule has 1 aromatic carbocycles. The van der Waals surface area contributed by atoms with E-state index >= 15 is 0 Å². The van der Waals surface area contributed by atoms with Gasteiger partial charge in [-0.15, -0.1) is 0 Å². The molecule has 3 aromatic rings. The summed E-state index contributed by atoms with van der Waals surface area (Å²) in [5.74, 6) is 0.292. The van der Waals surface area contributed by atoms with E-state index in [2.05, 4.69) is 59.6 Å². The lowest BCUT2D eigenvalue weighted by atomic mass is 9.84. The van der Waals surface area contributed by atoms with Crippen molar-refractivity contribution in [1.29, 1.82) is 0 Å². The summed E-state index contributed by atoms with van der Waals surface area (Å²) in [4.78, 5) is 18.4. The van der Waals surface area contributed by atoms with Gasteiger partial charge in [-0.05, 0) is 45.4 Å². The molecule has 2 aliphatic rings. The molecule has 1 atom stereocenters. The van der Waals surface area contributed by atoms with Gasteiger partial charge in [0.2, 0.25) is 0 Å². The van der Waals surface area contributed by atoms with E-state index in [9.17, 15) is 9.90 Å². The minimum atomic E-state index is -1.37. The molecular weight excluding hydrogens is 414 g/mol. The first kappa shape index (κ1) is 21.9. The maximum absolute atomic E-state index is 13.4. The zero-order chi connectivity index (χ0) is 23.9. The van der Waals surface area contributed by atoms with Crippen LogP contribution in [0.1, 0.15) is 49.4 Å². The van der Waals surface area contributed by atoms with Crippen molar-refractivity contribution in [2.24, 2.45) is 0 Å². The molecule has 5 rings (SSSR count). The van der Waals surface area contributed by atoms with Crippen molar-refractivity contribution in [3.8, 4) is 11.4 Å². The van der Waals surface area contributed by atoms with Crippen molar-refractivity contribution >= 4 is 16.6 Å². The van der Waals surface area contributed by atoms with Gasteiger partial charge in [-0.25, -0.2) is 4.98 Å². The fraction of sp³-hybridized carbons (Fsp3) is 0.407. The average molecular weight is 447 g/mol. The van der Waals surface area contributed by atoms with Crippen molar-refractivity contribution in [3.05, 3.63) is 69.2 Å². The largest absolute Gasteiger partial charge is 0.490 e. The summed E-state index contributed by atoms with van der Waals surface area (Å²) >= 11 is 0. The van der Waals surface area contributed by atoms with Gasteiger partial charge in [0.25, 0.3) is 5.56 Å². The van der Waals surface area contributed by atoms with Gasteiger partial charge in [0, 0.05) is 28.1 Å². The van der Waals surface area contributed by atoms with E-state index in [0.29, 0.717) is 35.9 Å². The molecule has 0 bridgehead atoms. The molecule has 0 aliphatic carbocycles. The van der Waals surface area contributed by atoms with E-state index in [1.54, 1.807) is 4.57 Å². The second-order valence-electron chi connectivity index (χ2n) is 10.2. The molecule has 33 heavy (non-hydrogen) atoms.